The Bertz CT molecular complexity index is 521. The van der Waals surface area contributed by atoms with Crippen molar-refractivity contribution in [2.75, 3.05) is 0 Å². The van der Waals surface area contributed by atoms with Crippen LogP contribution in [-0.4, -0.2) is 23.0 Å². The van der Waals surface area contributed by atoms with E-state index in [1.54, 1.807) is 6.07 Å². The number of hydrogen-bond donors (Lipinski definition) is 3. The van der Waals surface area contributed by atoms with Crippen LogP contribution in [0.3, 0.4) is 0 Å². The van der Waals surface area contributed by atoms with Crippen molar-refractivity contribution >= 4 is 11.7 Å². The van der Waals surface area contributed by atoms with Crippen molar-refractivity contribution in [1.29, 1.82) is 0 Å². The highest BCUT2D eigenvalue weighted by molar-refractivity contribution is 5.99. The lowest BCUT2D eigenvalue weighted by molar-refractivity contribution is 0.0942. The molecule has 1 atom stereocenters. The third-order valence-electron chi connectivity index (χ3n) is 3.66. The molecule has 2 rings (SSSR count). The van der Waals surface area contributed by atoms with Crippen molar-refractivity contribution in [2.24, 2.45) is 16.8 Å². The molecule has 0 heterocycles. The number of rotatable bonds is 4. The summed E-state index contributed by atoms with van der Waals surface area (Å²) in [5.74, 6) is 0.177. The standard InChI is InChI=1S/C14H19N3O2/c1-8-4-3-5-11(9(8)2)14(18)16-12(10-6-7-10)13(15)17-19/h3-5,10,12,19H,6-7H2,1-2H3,(H2,15,17)(H,16,18). The normalized spacial score (nSPS) is 17.1. The van der Waals surface area contributed by atoms with E-state index in [0.717, 1.165) is 24.0 Å². The molecule has 1 amide bonds. The molecule has 0 bridgehead atoms. The van der Waals surface area contributed by atoms with E-state index in [1.807, 2.05) is 26.0 Å². The number of amidine groups is 1. The van der Waals surface area contributed by atoms with Gasteiger partial charge in [0.15, 0.2) is 5.84 Å². The van der Waals surface area contributed by atoms with E-state index < -0.39 is 0 Å². The molecule has 0 aromatic heterocycles. The SMILES string of the molecule is Cc1cccc(C(=O)NC(C(N)=NO)C2CC2)c1C. The topological polar surface area (TPSA) is 87.7 Å². The number of oxime groups is 1. The summed E-state index contributed by atoms with van der Waals surface area (Å²) in [6, 6.07) is 5.23. The number of aryl methyl sites for hydroxylation is 1. The fraction of sp³-hybridized carbons (Fsp3) is 0.429. The second kappa shape index (κ2) is 5.30. The van der Waals surface area contributed by atoms with Gasteiger partial charge in [-0.1, -0.05) is 17.3 Å². The molecule has 1 aromatic rings. The number of carbonyl (C=O) groups excluding carboxylic acids is 1. The predicted octanol–water partition coefficient (Wildman–Crippen LogP) is 1.56. The molecule has 0 radical (unpaired) electrons. The number of benzene rings is 1. The zero-order valence-electron chi connectivity index (χ0n) is 11.2. The maximum atomic E-state index is 12.3. The van der Waals surface area contributed by atoms with E-state index in [2.05, 4.69) is 10.5 Å². The van der Waals surface area contributed by atoms with Gasteiger partial charge >= 0.3 is 0 Å². The summed E-state index contributed by atoms with van der Waals surface area (Å²) in [7, 11) is 0. The Labute approximate surface area is 112 Å². The zero-order chi connectivity index (χ0) is 14.0. The van der Waals surface area contributed by atoms with Gasteiger partial charge in [-0.3, -0.25) is 4.79 Å². The molecule has 5 nitrogen and oxygen atoms in total. The van der Waals surface area contributed by atoms with Crippen LogP contribution in [0.4, 0.5) is 0 Å². The van der Waals surface area contributed by atoms with Crippen molar-refractivity contribution in [2.45, 2.75) is 32.7 Å². The molecule has 0 saturated heterocycles. The molecule has 1 unspecified atom stereocenters. The second-order valence-corrected chi connectivity index (χ2v) is 5.06. The molecule has 5 heteroatoms. The third kappa shape index (κ3) is 2.86. The van der Waals surface area contributed by atoms with Gasteiger partial charge in [-0.2, -0.15) is 0 Å². The van der Waals surface area contributed by atoms with Crippen LogP contribution in [0.15, 0.2) is 23.4 Å². The fourth-order valence-electron chi connectivity index (χ4n) is 2.14. The number of nitrogens with zero attached hydrogens (tertiary/aromatic N) is 1. The van der Waals surface area contributed by atoms with Gasteiger partial charge in [0.05, 0.1) is 6.04 Å². The van der Waals surface area contributed by atoms with E-state index in [-0.39, 0.29) is 23.7 Å². The minimum Gasteiger partial charge on any atom is -0.409 e. The fourth-order valence-corrected chi connectivity index (χ4v) is 2.14. The molecule has 0 spiro atoms. The number of hydrogen-bond acceptors (Lipinski definition) is 3. The highest BCUT2D eigenvalue weighted by Gasteiger charge is 2.35. The highest BCUT2D eigenvalue weighted by Crippen LogP contribution is 2.33. The molecule has 1 aliphatic rings. The van der Waals surface area contributed by atoms with E-state index >= 15 is 0 Å². The van der Waals surface area contributed by atoms with E-state index in [0.29, 0.717) is 5.56 Å². The second-order valence-electron chi connectivity index (χ2n) is 5.06. The Morgan fingerprint density at radius 1 is 1.47 bits per heavy atom. The van der Waals surface area contributed by atoms with Crippen molar-refractivity contribution in [1.82, 2.24) is 5.32 Å². The molecule has 102 valence electrons. The first kappa shape index (κ1) is 13.4. The highest BCUT2D eigenvalue weighted by atomic mass is 16.4. The Balaban J connectivity index is 2.17. The van der Waals surface area contributed by atoms with Crippen LogP contribution >= 0.6 is 0 Å². The summed E-state index contributed by atoms with van der Waals surface area (Å²) in [5, 5.41) is 14.7. The van der Waals surface area contributed by atoms with Gasteiger partial charge in [0.25, 0.3) is 5.91 Å². The maximum absolute atomic E-state index is 12.3. The Morgan fingerprint density at radius 3 is 2.74 bits per heavy atom. The molecule has 1 fully saturated rings. The summed E-state index contributed by atoms with van der Waals surface area (Å²) < 4.78 is 0. The smallest absolute Gasteiger partial charge is 0.252 e. The molecular weight excluding hydrogens is 242 g/mol. The molecule has 4 N–H and O–H groups in total. The number of nitrogens with one attached hydrogen (secondary N) is 1. The van der Waals surface area contributed by atoms with Gasteiger partial charge in [0, 0.05) is 5.56 Å². The monoisotopic (exact) mass is 261 g/mol. The van der Waals surface area contributed by atoms with Crippen LogP contribution in [0.2, 0.25) is 0 Å². The minimum absolute atomic E-state index is 0.0705. The van der Waals surface area contributed by atoms with E-state index in [4.69, 9.17) is 10.9 Å². The lowest BCUT2D eigenvalue weighted by Crippen LogP contribution is -2.46. The minimum atomic E-state index is -0.377. The molecule has 1 aliphatic carbocycles. The van der Waals surface area contributed by atoms with Crippen molar-refractivity contribution in [3.63, 3.8) is 0 Å². The van der Waals surface area contributed by atoms with Crippen LogP contribution in [0, 0.1) is 19.8 Å². The molecule has 19 heavy (non-hydrogen) atoms. The number of amides is 1. The first-order chi connectivity index (χ1) is 9.04. The first-order valence-corrected chi connectivity index (χ1v) is 6.39. The molecular formula is C14H19N3O2. The third-order valence-corrected chi connectivity index (χ3v) is 3.66. The Morgan fingerprint density at radius 2 is 2.16 bits per heavy atom. The van der Waals surface area contributed by atoms with Gasteiger partial charge in [-0.25, -0.2) is 0 Å². The summed E-state index contributed by atoms with van der Waals surface area (Å²) >= 11 is 0. The summed E-state index contributed by atoms with van der Waals surface area (Å²) in [4.78, 5) is 12.3. The van der Waals surface area contributed by atoms with Crippen LogP contribution < -0.4 is 11.1 Å². The van der Waals surface area contributed by atoms with Gasteiger partial charge in [-0.15, -0.1) is 0 Å². The van der Waals surface area contributed by atoms with Crippen molar-refractivity contribution < 1.29 is 10.0 Å². The number of nitrogens with two attached hydrogens (primary N) is 1. The quantitative estimate of drug-likeness (QED) is 0.332. The first-order valence-electron chi connectivity index (χ1n) is 6.39. The van der Waals surface area contributed by atoms with Crippen LogP contribution in [0.5, 0.6) is 0 Å². The maximum Gasteiger partial charge on any atom is 0.252 e. The average molecular weight is 261 g/mol. The van der Waals surface area contributed by atoms with E-state index in [1.165, 1.54) is 0 Å². The largest absolute Gasteiger partial charge is 0.409 e. The van der Waals surface area contributed by atoms with Crippen LogP contribution in [-0.2, 0) is 0 Å². The predicted molar refractivity (Wildman–Crippen MR) is 73.3 cm³/mol. The lowest BCUT2D eigenvalue weighted by atomic mass is 10.0. The van der Waals surface area contributed by atoms with Crippen molar-refractivity contribution in [3.05, 3.63) is 34.9 Å². The summed E-state index contributed by atoms with van der Waals surface area (Å²) in [5.41, 5.74) is 8.30. The van der Waals surface area contributed by atoms with Gasteiger partial charge in [0.2, 0.25) is 0 Å². The van der Waals surface area contributed by atoms with Gasteiger partial charge in [0.1, 0.15) is 0 Å². The van der Waals surface area contributed by atoms with Gasteiger partial charge in [-0.05, 0) is 49.8 Å². The summed E-state index contributed by atoms with van der Waals surface area (Å²) in [6.45, 7) is 3.88. The van der Waals surface area contributed by atoms with E-state index in [9.17, 15) is 4.79 Å². The zero-order valence-corrected chi connectivity index (χ0v) is 11.2. The van der Waals surface area contributed by atoms with Gasteiger partial charge < -0.3 is 16.3 Å². The molecule has 1 saturated carbocycles. The van der Waals surface area contributed by atoms with Crippen LogP contribution in [0.1, 0.15) is 34.3 Å². The van der Waals surface area contributed by atoms with Crippen LogP contribution in [0.25, 0.3) is 0 Å². The molecule has 0 aliphatic heterocycles. The summed E-state index contributed by atoms with van der Waals surface area (Å²) in [6.07, 6.45) is 1.99. The Hall–Kier alpha value is -2.04. The average Bonchev–Trinajstić information content (AvgIpc) is 3.22. The number of carbonyl (C=O) groups is 1. The lowest BCUT2D eigenvalue weighted by Gasteiger charge is -2.17. The Kier molecular flexibility index (Phi) is 3.74. The molecule has 1 aromatic carbocycles. The van der Waals surface area contributed by atoms with Crippen molar-refractivity contribution in [3.8, 4) is 0 Å².